The van der Waals surface area contributed by atoms with Crippen molar-refractivity contribution in [3.8, 4) is 0 Å². The molecule has 0 aromatic rings. The molecular weight excluding hydrogens is 850 g/mol. The van der Waals surface area contributed by atoms with Gasteiger partial charge in [0.05, 0.1) is 166 Å². The Morgan fingerprint density at radius 3 is 1.02 bits per heavy atom. The Bertz CT molecular complexity index is 1340. The van der Waals surface area contributed by atoms with Gasteiger partial charge in [0.15, 0.2) is 0 Å². The van der Waals surface area contributed by atoms with Gasteiger partial charge in [-0.25, -0.2) is 0 Å². The van der Waals surface area contributed by atoms with Gasteiger partial charge in [-0.1, -0.05) is 0 Å². The Balaban J connectivity index is 1.81. The number of aliphatic hydroxyl groups excluding tert-OH is 6. The summed E-state index contributed by atoms with van der Waals surface area (Å²) in [6, 6.07) is -2.82. The summed E-state index contributed by atoms with van der Waals surface area (Å²) in [6.45, 7) is 10.0. The fourth-order valence-electron chi connectivity index (χ4n) is 8.15. The summed E-state index contributed by atoms with van der Waals surface area (Å²) in [5.41, 5.74) is 0. The van der Waals surface area contributed by atoms with Crippen molar-refractivity contribution in [2.75, 3.05) is 99.1 Å². The molecule has 15 unspecified atom stereocenters. The molecule has 3 amide bonds. The first-order chi connectivity index (χ1) is 30.5. The van der Waals surface area contributed by atoms with E-state index >= 15 is 0 Å². The molecule has 3 saturated heterocycles. The SMILES string of the molecule is CC(=O)NC1C(COCC2C(COCCO)OC(COC(C)C)C(NC(C)=O)C2O)OC(COCCO)C(COCC2OC(COCCO)C(COC(C)C)C(O)C2NC(C)=O)C1O. The van der Waals surface area contributed by atoms with Crippen LogP contribution in [0.15, 0.2) is 0 Å². The van der Waals surface area contributed by atoms with Crippen LogP contribution >= 0.6 is 0 Å². The highest BCUT2D eigenvalue weighted by Gasteiger charge is 2.50. The van der Waals surface area contributed by atoms with Crippen molar-refractivity contribution in [3.05, 3.63) is 0 Å². The van der Waals surface area contributed by atoms with Gasteiger partial charge in [-0.15, -0.1) is 0 Å². The minimum Gasteiger partial charge on any atom is -0.394 e. The maximum atomic E-state index is 12.6. The quantitative estimate of drug-likeness (QED) is 0.0331. The van der Waals surface area contributed by atoms with Crippen LogP contribution in [0, 0.1) is 17.8 Å². The molecule has 3 aliphatic rings. The number of amides is 3. The molecule has 9 N–H and O–H groups in total. The van der Waals surface area contributed by atoms with Crippen LogP contribution in [0.2, 0.25) is 0 Å². The van der Waals surface area contributed by atoms with E-state index < -0.39 is 109 Å². The number of carbonyl (C=O) groups is 3. The van der Waals surface area contributed by atoms with Crippen LogP contribution in [0.3, 0.4) is 0 Å². The monoisotopic (exact) mass is 928 g/mol. The van der Waals surface area contributed by atoms with E-state index in [4.69, 9.17) is 47.4 Å². The Labute approximate surface area is 376 Å². The lowest BCUT2D eigenvalue weighted by atomic mass is 9.84. The number of rotatable bonds is 29. The van der Waals surface area contributed by atoms with Crippen LogP contribution in [-0.4, -0.2) is 233 Å². The summed E-state index contributed by atoms with van der Waals surface area (Å²) in [7, 11) is 0. The van der Waals surface area contributed by atoms with E-state index in [0.29, 0.717) is 0 Å². The zero-order valence-corrected chi connectivity index (χ0v) is 38.4. The van der Waals surface area contributed by atoms with Gasteiger partial charge in [-0.3, -0.25) is 14.4 Å². The normalized spacial score (nSPS) is 33.3. The molecule has 0 aromatic heterocycles. The van der Waals surface area contributed by atoms with Crippen molar-refractivity contribution in [2.24, 2.45) is 17.8 Å². The number of hydrogen-bond acceptors (Lipinski definition) is 19. The molecule has 15 atom stereocenters. The van der Waals surface area contributed by atoms with E-state index in [1.165, 1.54) is 20.8 Å². The number of hydrogen-bond donors (Lipinski definition) is 9. The van der Waals surface area contributed by atoms with Crippen molar-refractivity contribution in [3.63, 3.8) is 0 Å². The predicted octanol–water partition coefficient (Wildman–Crippen LogP) is -3.36. The molecule has 0 aliphatic carbocycles. The molecule has 3 rings (SSSR count). The van der Waals surface area contributed by atoms with Gasteiger partial charge >= 0.3 is 0 Å². The first kappa shape index (κ1) is 56.1. The van der Waals surface area contributed by atoms with E-state index in [0.717, 1.165) is 0 Å². The second kappa shape index (κ2) is 29.5. The zero-order chi connectivity index (χ0) is 47.3. The Kier molecular flexibility index (Phi) is 25.9. The fraction of sp³-hybridized carbons (Fsp3) is 0.929. The molecule has 0 spiro atoms. The Hall–Kier alpha value is -2.23. The van der Waals surface area contributed by atoms with Crippen molar-refractivity contribution in [2.45, 2.75) is 134 Å². The highest BCUT2D eigenvalue weighted by atomic mass is 16.6. The molecule has 3 fully saturated rings. The lowest BCUT2D eigenvalue weighted by Crippen LogP contribution is -2.65. The summed E-state index contributed by atoms with van der Waals surface area (Å²) in [4.78, 5) is 37.1. The maximum Gasteiger partial charge on any atom is 0.217 e. The standard InChI is InChI=1S/C42H77N3O19/c1-23(2)60-16-30-33(19-57-13-10-48)63-35(38(42(30)54)44-26(6)50)21-58-14-28-31(17-55-11-8-46)62-34(37(40(28)52)43-25(5)49)20-59-15-29-32(18-56-12-9-47)64-36(22-61-24(3)4)39(41(29)53)45-27(7)51/h23-24,28-42,46-48,52-54H,8-22H2,1-7H3,(H,43,49)(H,44,50)(H,45,51). The van der Waals surface area contributed by atoms with Crippen LogP contribution in [-0.2, 0) is 61.8 Å². The van der Waals surface area contributed by atoms with E-state index in [9.17, 15) is 45.0 Å². The lowest BCUT2D eigenvalue weighted by Gasteiger charge is -2.47. The molecule has 374 valence electrons. The molecule has 64 heavy (non-hydrogen) atoms. The third kappa shape index (κ3) is 18.1. The van der Waals surface area contributed by atoms with Crippen LogP contribution in [0.5, 0.6) is 0 Å². The Morgan fingerprint density at radius 2 is 0.719 bits per heavy atom. The van der Waals surface area contributed by atoms with Crippen LogP contribution in [0.1, 0.15) is 48.5 Å². The highest BCUT2D eigenvalue weighted by Crippen LogP contribution is 2.32. The summed E-state index contributed by atoms with van der Waals surface area (Å²) < 4.78 is 60.0. The summed E-state index contributed by atoms with van der Waals surface area (Å²) in [5.74, 6) is -3.47. The van der Waals surface area contributed by atoms with Crippen molar-refractivity contribution < 1.29 is 92.4 Å². The molecule has 0 bridgehead atoms. The molecule has 22 heteroatoms. The largest absolute Gasteiger partial charge is 0.394 e. The molecular formula is C42H77N3O19. The number of ether oxygens (including phenoxy) is 10. The lowest BCUT2D eigenvalue weighted by molar-refractivity contribution is -0.221. The predicted molar refractivity (Wildman–Crippen MR) is 225 cm³/mol. The summed E-state index contributed by atoms with van der Waals surface area (Å²) >= 11 is 0. The first-order valence-corrected chi connectivity index (χ1v) is 22.3. The number of carbonyl (C=O) groups excluding carboxylic acids is 3. The highest BCUT2D eigenvalue weighted by molar-refractivity contribution is 5.74. The minimum absolute atomic E-state index is 0.0164. The van der Waals surface area contributed by atoms with Crippen molar-refractivity contribution >= 4 is 17.7 Å². The third-order valence-electron chi connectivity index (χ3n) is 11.2. The van der Waals surface area contributed by atoms with E-state index in [1.54, 1.807) is 0 Å². The zero-order valence-electron chi connectivity index (χ0n) is 38.4. The van der Waals surface area contributed by atoms with E-state index in [1.807, 2.05) is 27.7 Å². The van der Waals surface area contributed by atoms with Gasteiger partial charge < -0.3 is 94.0 Å². The third-order valence-corrected chi connectivity index (χ3v) is 11.2. The summed E-state index contributed by atoms with van der Waals surface area (Å²) in [6.07, 6.45) is -8.85. The van der Waals surface area contributed by atoms with Crippen molar-refractivity contribution in [1.82, 2.24) is 16.0 Å². The molecule has 0 radical (unpaired) electrons. The van der Waals surface area contributed by atoms with Gasteiger partial charge in [-0.05, 0) is 27.7 Å². The number of nitrogens with one attached hydrogen (secondary N) is 3. The average Bonchev–Trinajstić information content (AvgIpc) is 3.22. The maximum absolute atomic E-state index is 12.6. The van der Waals surface area contributed by atoms with E-state index in [2.05, 4.69) is 16.0 Å². The smallest absolute Gasteiger partial charge is 0.217 e. The first-order valence-electron chi connectivity index (χ1n) is 22.3. The molecule has 0 aromatic carbocycles. The second-order valence-electron chi connectivity index (χ2n) is 17.0. The molecule has 22 nitrogen and oxygen atoms in total. The minimum atomic E-state index is -1.30. The van der Waals surface area contributed by atoms with Gasteiger partial charge in [-0.2, -0.15) is 0 Å². The van der Waals surface area contributed by atoms with Crippen LogP contribution < -0.4 is 16.0 Å². The Morgan fingerprint density at radius 1 is 0.438 bits per heavy atom. The second-order valence-corrected chi connectivity index (χ2v) is 17.0. The molecule has 3 aliphatic heterocycles. The number of aliphatic hydroxyl groups is 6. The van der Waals surface area contributed by atoms with Crippen LogP contribution in [0.4, 0.5) is 0 Å². The molecule has 3 heterocycles. The van der Waals surface area contributed by atoms with Gasteiger partial charge in [0, 0.05) is 38.5 Å². The molecule has 0 saturated carbocycles. The van der Waals surface area contributed by atoms with E-state index in [-0.39, 0.29) is 111 Å². The fourth-order valence-corrected chi connectivity index (χ4v) is 8.15. The topological polar surface area (TPSA) is 301 Å². The summed E-state index contributed by atoms with van der Waals surface area (Å²) in [5, 5.41) is 71.6. The van der Waals surface area contributed by atoms with Gasteiger partial charge in [0.2, 0.25) is 17.7 Å². The van der Waals surface area contributed by atoms with Gasteiger partial charge in [0.1, 0.15) is 18.3 Å². The van der Waals surface area contributed by atoms with Gasteiger partial charge in [0.25, 0.3) is 0 Å². The van der Waals surface area contributed by atoms with Crippen LogP contribution in [0.25, 0.3) is 0 Å². The van der Waals surface area contributed by atoms with Crippen molar-refractivity contribution in [1.29, 1.82) is 0 Å². The average molecular weight is 928 g/mol.